The summed E-state index contributed by atoms with van der Waals surface area (Å²) in [5.41, 5.74) is 7.88. The van der Waals surface area contributed by atoms with Crippen molar-refractivity contribution in [1.82, 2.24) is 4.98 Å². The first-order chi connectivity index (χ1) is 8.70. The molecule has 0 spiro atoms. The highest BCUT2D eigenvalue weighted by Gasteiger charge is 2.16. The third-order valence-electron chi connectivity index (χ3n) is 4.05. The van der Waals surface area contributed by atoms with Crippen LogP contribution < -0.4 is 10.6 Å². The summed E-state index contributed by atoms with van der Waals surface area (Å²) in [5.74, 6) is 1.93. The van der Waals surface area contributed by atoms with Crippen LogP contribution in [0.15, 0.2) is 12.1 Å². The Morgan fingerprint density at radius 2 is 2.00 bits per heavy atom. The van der Waals surface area contributed by atoms with Crippen molar-refractivity contribution in [3.8, 4) is 0 Å². The van der Waals surface area contributed by atoms with Crippen LogP contribution in [-0.2, 0) is 6.54 Å². The second-order valence-corrected chi connectivity index (χ2v) is 5.50. The molecule has 0 radical (unpaired) electrons. The van der Waals surface area contributed by atoms with Gasteiger partial charge in [-0.25, -0.2) is 4.98 Å². The predicted octanol–water partition coefficient (Wildman–Crippen LogP) is 2.87. The standard InChI is InChI=1S/C15H25N3/c1-12-14(10-16)8-9-15(17-12)18(2)11-13-6-4-3-5-7-13/h8-9,13H,3-7,10-11,16H2,1-2H3. The largest absolute Gasteiger partial charge is 0.359 e. The van der Waals surface area contributed by atoms with Crippen LogP contribution in [-0.4, -0.2) is 18.6 Å². The fourth-order valence-electron chi connectivity index (χ4n) is 2.86. The van der Waals surface area contributed by atoms with Crippen LogP contribution >= 0.6 is 0 Å². The van der Waals surface area contributed by atoms with Gasteiger partial charge in [0, 0.05) is 25.8 Å². The lowest BCUT2D eigenvalue weighted by Crippen LogP contribution is -2.27. The molecule has 1 heterocycles. The van der Waals surface area contributed by atoms with Crippen molar-refractivity contribution < 1.29 is 0 Å². The summed E-state index contributed by atoms with van der Waals surface area (Å²) < 4.78 is 0. The van der Waals surface area contributed by atoms with Crippen molar-refractivity contribution in [1.29, 1.82) is 0 Å². The minimum atomic E-state index is 0.575. The Labute approximate surface area is 110 Å². The maximum Gasteiger partial charge on any atom is 0.128 e. The SMILES string of the molecule is Cc1nc(N(C)CC2CCCCC2)ccc1CN. The van der Waals surface area contributed by atoms with Crippen LogP contribution in [0.2, 0.25) is 0 Å². The van der Waals surface area contributed by atoms with Gasteiger partial charge >= 0.3 is 0 Å². The Kier molecular flexibility index (Phi) is 4.59. The van der Waals surface area contributed by atoms with Crippen molar-refractivity contribution in [2.75, 3.05) is 18.5 Å². The Morgan fingerprint density at radius 1 is 1.28 bits per heavy atom. The van der Waals surface area contributed by atoms with Crippen LogP contribution in [0.3, 0.4) is 0 Å². The number of nitrogens with two attached hydrogens (primary N) is 1. The fraction of sp³-hybridized carbons (Fsp3) is 0.667. The van der Waals surface area contributed by atoms with E-state index in [9.17, 15) is 0 Å². The normalized spacial score (nSPS) is 16.8. The number of hydrogen-bond donors (Lipinski definition) is 1. The lowest BCUT2D eigenvalue weighted by atomic mass is 9.89. The molecule has 18 heavy (non-hydrogen) atoms. The first-order valence-electron chi connectivity index (χ1n) is 7.08. The second-order valence-electron chi connectivity index (χ2n) is 5.50. The smallest absolute Gasteiger partial charge is 0.128 e. The highest BCUT2D eigenvalue weighted by molar-refractivity contribution is 5.40. The molecule has 1 aliphatic rings. The fourth-order valence-corrected chi connectivity index (χ4v) is 2.86. The third kappa shape index (κ3) is 3.22. The number of hydrogen-bond acceptors (Lipinski definition) is 3. The van der Waals surface area contributed by atoms with E-state index in [1.165, 1.54) is 32.1 Å². The van der Waals surface area contributed by atoms with Crippen molar-refractivity contribution in [3.05, 3.63) is 23.4 Å². The van der Waals surface area contributed by atoms with Crippen LogP contribution in [0, 0.1) is 12.8 Å². The van der Waals surface area contributed by atoms with E-state index >= 15 is 0 Å². The van der Waals surface area contributed by atoms with Gasteiger partial charge in [0.05, 0.1) is 0 Å². The number of aryl methyl sites for hydroxylation is 1. The topological polar surface area (TPSA) is 42.2 Å². The number of anilines is 1. The first-order valence-corrected chi connectivity index (χ1v) is 7.08. The summed E-state index contributed by atoms with van der Waals surface area (Å²) >= 11 is 0. The second kappa shape index (κ2) is 6.19. The maximum absolute atomic E-state index is 5.67. The summed E-state index contributed by atoms with van der Waals surface area (Å²) in [5, 5.41) is 0. The molecule has 1 aliphatic carbocycles. The molecule has 2 rings (SSSR count). The molecule has 1 aromatic rings. The van der Waals surface area contributed by atoms with Gasteiger partial charge in [-0.2, -0.15) is 0 Å². The van der Waals surface area contributed by atoms with Gasteiger partial charge in [0.2, 0.25) is 0 Å². The van der Waals surface area contributed by atoms with Gasteiger partial charge in [-0.05, 0) is 37.3 Å². The molecule has 1 fully saturated rings. The van der Waals surface area contributed by atoms with E-state index in [4.69, 9.17) is 5.73 Å². The van der Waals surface area contributed by atoms with Crippen LogP contribution in [0.5, 0.6) is 0 Å². The van der Waals surface area contributed by atoms with Crippen molar-refractivity contribution >= 4 is 5.82 Å². The third-order valence-corrected chi connectivity index (χ3v) is 4.05. The van der Waals surface area contributed by atoms with E-state index in [2.05, 4.69) is 29.1 Å². The summed E-state index contributed by atoms with van der Waals surface area (Å²) in [6, 6.07) is 4.20. The van der Waals surface area contributed by atoms with Crippen molar-refractivity contribution in [3.63, 3.8) is 0 Å². The summed E-state index contributed by atoms with van der Waals surface area (Å²) in [7, 11) is 2.15. The summed E-state index contributed by atoms with van der Waals surface area (Å²) in [4.78, 5) is 6.95. The molecular formula is C15H25N3. The van der Waals surface area contributed by atoms with Crippen LogP contribution in [0.25, 0.3) is 0 Å². The van der Waals surface area contributed by atoms with E-state index in [0.29, 0.717) is 6.54 Å². The van der Waals surface area contributed by atoms with E-state index in [1.54, 1.807) is 0 Å². The van der Waals surface area contributed by atoms with Gasteiger partial charge < -0.3 is 10.6 Å². The van der Waals surface area contributed by atoms with Gasteiger partial charge in [-0.3, -0.25) is 0 Å². The van der Waals surface area contributed by atoms with E-state index in [-0.39, 0.29) is 0 Å². The molecule has 0 saturated heterocycles. The number of nitrogens with zero attached hydrogens (tertiary/aromatic N) is 2. The van der Waals surface area contributed by atoms with Gasteiger partial charge in [0.1, 0.15) is 5.82 Å². The molecule has 1 aromatic heterocycles. The van der Waals surface area contributed by atoms with Crippen LogP contribution in [0.1, 0.15) is 43.4 Å². The quantitative estimate of drug-likeness (QED) is 0.889. The zero-order chi connectivity index (χ0) is 13.0. The van der Waals surface area contributed by atoms with E-state index in [1.807, 2.05) is 6.92 Å². The van der Waals surface area contributed by atoms with Crippen molar-refractivity contribution in [2.45, 2.75) is 45.6 Å². The molecule has 3 nitrogen and oxygen atoms in total. The number of pyridine rings is 1. The number of rotatable bonds is 4. The molecule has 0 aliphatic heterocycles. The molecule has 2 N–H and O–H groups in total. The molecule has 100 valence electrons. The lowest BCUT2D eigenvalue weighted by Gasteiger charge is -2.28. The summed E-state index contributed by atoms with van der Waals surface area (Å²) in [6.07, 6.45) is 6.98. The highest BCUT2D eigenvalue weighted by atomic mass is 15.2. The molecule has 0 unspecified atom stereocenters. The molecule has 0 bridgehead atoms. The summed E-state index contributed by atoms with van der Waals surface area (Å²) in [6.45, 7) is 3.75. The monoisotopic (exact) mass is 247 g/mol. The van der Waals surface area contributed by atoms with Gasteiger partial charge in [-0.15, -0.1) is 0 Å². The average Bonchev–Trinajstić information content (AvgIpc) is 2.39. The lowest BCUT2D eigenvalue weighted by molar-refractivity contribution is 0.361. The minimum Gasteiger partial charge on any atom is -0.359 e. The Bertz CT molecular complexity index is 383. The Morgan fingerprint density at radius 3 is 2.61 bits per heavy atom. The molecule has 0 aromatic carbocycles. The molecule has 0 atom stereocenters. The molecule has 3 heteroatoms. The van der Waals surface area contributed by atoms with E-state index in [0.717, 1.165) is 29.5 Å². The zero-order valence-corrected chi connectivity index (χ0v) is 11.7. The van der Waals surface area contributed by atoms with Crippen LogP contribution in [0.4, 0.5) is 5.82 Å². The molecular weight excluding hydrogens is 222 g/mol. The van der Waals surface area contributed by atoms with Crippen molar-refractivity contribution in [2.24, 2.45) is 11.7 Å². The Hall–Kier alpha value is -1.09. The molecule has 0 amide bonds. The predicted molar refractivity (Wildman–Crippen MR) is 76.7 cm³/mol. The molecule has 1 saturated carbocycles. The maximum atomic E-state index is 5.67. The van der Waals surface area contributed by atoms with Gasteiger partial charge in [0.25, 0.3) is 0 Å². The average molecular weight is 247 g/mol. The van der Waals surface area contributed by atoms with Gasteiger partial charge in [-0.1, -0.05) is 25.3 Å². The minimum absolute atomic E-state index is 0.575. The van der Waals surface area contributed by atoms with Gasteiger partial charge in [0.15, 0.2) is 0 Å². The zero-order valence-electron chi connectivity index (χ0n) is 11.7. The number of aromatic nitrogens is 1. The first kappa shape index (κ1) is 13.3. The van der Waals surface area contributed by atoms with E-state index < -0.39 is 0 Å². The highest BCUT2D eigenvalue weighted by Crippen LogP contribution is 2.25. The Balaban J connectivity index is 1.99.